The van der Waals surface area contributed by atoms with Gasteiger partial charge in [0, 0.05) is 25.1 Å². The van der Waals surface area contributed by atoms with Gasteiger partial charge < -0.3 is 15.0 Å². The average Bonchev–Trinajstić information content (AvgIpc) is 2.79. The van der Waals surface area contributed by atoms with Gasteiger partial charge in [0.2, 0.25) is 0 Å². The lowest BCUT2D eigenvalue weighted by Gasteiger charge is -2.21. The van der Waals surface area contributed by atoms with Gasteiger partial charge in [0.15, 0.2) is 0 Å². The third kappa shape index (κ3) is 4.28. The second-order valence-electron chi connectivity index (χ2n) is 6.96. The molecule has 1 atom stereocenters. The van der Waals surface area contributed by atoms with Gasteiger partial charge in [-0.25, -0.2) is 9.97 Å². The normalized spacial score (nSPS) is 14.3. The number of para-hydroxylation sites is 1. The lowest BCUT2D eigenvalue weighted by Crippen LogP contribution is -2.28. The molecule has 0 saturated heterocycles. The molecule has 134 valence electrons. The molecule has 25 heavy (non-hydrogen) atoms. The molecule has 1 aromatic heterocycles. The maximum absolute atomic E-state index is 5.95. The van der Waals surface area contributed by atoms with Crippen molar-refractivity contribution in [2.24, 2.45) is 5.92 Å². The smallest absolute Gasteiger partial charge is 0.133 e. The molecule has 0 saturated carbocycles. The Hall–Kier alpha value is -2.14. The highest BCUT2D eigenvalue weighted by Crippen LogP contribution is 2.30. The Bertz CT molecular complexity index is 732. The summed E-state index contributed by atoms with van der Waals surface area (Å²) in [5, 5.41) is 3.57. The molecule has 0 unspecified atom stereocenters. The van der Waals surface area contributed by atoms with E-state index in [1.54, 1.807) is 0 Å². The maximum atomic E-state index is 5.95. The van der Waals surface area contributed by atoms with Gasteiger partial charge in [-0.05, 0) is 38.1 Å². The van der Waals surface area contributed by atoms with Gasteiger partial charge in [-0.2, -0.15) is 0 Å². The topological polar surface area (TPSA) is 50.3 Å². The predicted octanol–water partition coefficient (Wildman–Crippen LogP) is 3.27. The van der Waals surface area contributed by atoms with Gasteiger partial charge in [0.05, 0.1) is 5.69 Å². The average molecular weight is 340 g/mol. The van der Waals surface area contributed by atoms with Crippen LogP contribution < -0.4 is 10.1 Å². The predicted molar refractivity (Wildman–Crippen MR) is 101 cm³/mol. The Labute approximate surface area is 150 Å². The highest BCUT2D eigenvalue weighted by atomic mass is 16.5. The van der Waals surface area contributed by atoms with Crippen LogP contribution >= 0.6 is 0 Å². The van der Waals surface area contributed by atoms with Crippen LogP contribution in [0.2, 0.25) is 0 Å². The van der Waals surface area contributed by atoms with Gasteiger partial charge in [-0.15, -0.1) is 0 Å². The van der Waals surface area contributed by atoms with E-state index in [1.165, 1.54) is 5.56 Å². The lowest BCUT2D eigenvalue weighted by atomic mass is 10.0. The Morgan fingerprint density at radius 1 is 1.28 bits per heavy atom. The van der Waals surface area contributed by atoms with E-state index in [-0.39, 0.29) is 0 Å². The number of benzene rings is 1. The van der Waals surface area contributed by atoms with Crippen LogP contribution in [0.5, 0.6) is 5.75 Å². The summed E-state index contributed by atoms with van der Waals surface area (Å²) in [6, 6.07) is 8.21. The van der Waals surface area contributed by atoms with Crippen LogP contribution in [0.25, 0.3) is 0 Å². The molecule has 0 radical (unpaired) electrons. The minimum Gasteiger partial charge on any atom is -0.487 e. The highest BCUT2D eigenvalue weighted by Gasteiger charge is 2.20. The molecule has 5 heteroatoms. The minimum atomic E-state index is 0.499. The minimum absolute atomic E-state index is 0.499. The number of aryl methyl sites for hydroxylation is 1. The third-order valence-electron chi connectivity index (χ3n) is 4.69. The summed E-state index contributed by atoms with van der Waals surface area (Å²) in [5.41, 5.74) is 3.34. The SMILES string of the molecule is CCN(C)C[C@H](C)CNc1nc(C)nc2c1Cc1ccccc1OC2. The van der Waals surface area contributed by atoms with Crippen LogP contribution in [-0.2, 0) is 13.0 Å². The summed E-state index contributed by atoms with van der Waals surface area (Å²) < 4.78 is 5.95. The van der Waals surface area contributed by atoms with E-state index in [0.717, 1.165) is 54.7 Å². The van der Waals surface area contributed by atoms with E-state index in [4.69, 9.17) is 4.74 Å². The lowest BCUT2D eigenvalue weighted by molar-refractivity contribution is 0.301. The van der Waals surface area contributed by atoms with E-state index in [2.05, 4.69) is 53.2 Å². The largest absolute Gasteiger partial charge is 0.487 e. The third-order valence-corrected chi connectivity index (χ3v) is 4.69. The standard InChI is InChI=1S/C20H28N4O/c1-5-24(4)12-14(2)11-21-20-17-10-16-8-6-7-9-19(16)25-13-18(17)22-15(3)23-20/h6-9,14H,5,10-13H2,1-4H3,(H,21,22,23)/t14-/m1/s1. The van der Waals surface area contributed by atoms with Gasteiger partial charge in [-0.1, -0.05) is 32.0 Å². The van der Waals surface area contributed by atoms with Gasteiger partial charge in [-0.3, -0.25) is 0 Å². The zero-order valence-electron chi connectivity index (χ0n) is 15.7. The molecule has 0 bridgehead atoms. The molecule has 3 rings (SSSR count). The number of nitrogens with one attached hydrogen (secondary N) is 1. The summed E-state index contributed by atoms with van der Waals surface area (Å²) in [4.78, 5) is 11.6. The fraction of sp³-hybridized carbons (Fsp3) is 0.500. The molecule has 1 aromatic carbocycles. The van der Waals surface area contributed by atoms with Crippen LogP contribution in [0, 0.1) is 12.8 Å². The first-order valence-electron chi connectivity index (χ1n) is 9.06. The summed E-state index contributed by atoms with van der Waals surface area (Å²) in [5.74, 6) is 3.23. The van der Waals surface area contributed by atoms with Gasteiger partial charge >= 0.3 is 0 Å². The van der Waals surface area contributed by atoms with E-state index in [0.29, 0.717) is 12.5 Å². The van der Waals surface area contributed by atoms with Gasteiger partial charge in [0.25, 0.3) is 0 Å². The number of rotatable bonds is 6. The van der Waals surface area contributed by atoms with Gasteiger partial charge in [0.1, 0.15) is 24.0 Å². The van der Waals surface area contributed by atoms with Crippen LogP contribution in [0.15, 0.2) is 24.3 Å². The van der Waals surface area contributed by atoms with E-state index in [9.17, 15) is 0 Å². The first-order chi connectivity index (χ1) is 12.1. The fourth-order valence-corrected chi connectivity index (χ4v) is 3.23. The Balaban J connectivity index is 1.81. The van der Waals surface area contributed by atoms with Crippen molar-refractivity contribution < 1.29 is 4.74 Å². The van der Waals surface area contributed by atoms with Crippen molar-refractivity contribution in [3.8, 4) is 5.75 Å². The van der Waals surface area contributed by atoms with Crippen LogP contribution in [0.1, 0.15) is 36.5 Å². The summed E-state index contributed by atoms with van der Waals surface area (Å²) in [6.45, 7) is 9.93. The van der Waals surface area contributed by atoms with E-state index < -0.39 is 0 Å². The van der Waals surface area contributed by atoms with Crippen molar-refractivity contribution >= 4 is 5.82 Å². The monoisotopic (exact) mass is 340 g/mol. The van der Waals surface area contributed by atoms with Crippen LogP contribution in [0.4, 0.5) is 5.82 Å². The van der Waals surface area contributed by atoms with Crippen LogP contribution in [0.3, 0.4) is 0 Å². The molecular weight excluding hydrogens is 312 g/mol. The first kappa shape index (κ1) is 17.7. The summed E-state index contributed by atoms with van der Waals surface area (Å²) in [6.07, 6.45) is 0.803. The molecule has 1 aliphatic heterocycles. The maximum Gasteiger partial charge on any atom is 0.133 e. The van der Waals surface area contributed by atoms with Crippen molar-refractivity contribution in [3.63, 3.8) is 0 Å². The van der Waals surface area contributed by atoms with Crippen molar-refractivity contribution in [1.29, 1.82) is 0 Å². The number of nitrogens with zero attached hydrogens (tertiary/aromatic N) is 3. The molecule has 0 amide bonds. The molecule has 2 heterocycles. The second-order valence-corrected chi connectivity index (χ2v) is 6.96. The first-order valence-corrected chi connectivity index (χ1v) is 9.06. The number of hydrogen-bond donors (Lipinski definition) is 1. The Kier molecular flexibility index (Phi) is 5.53. The molecule has 1 N–H and O–H groups in total. The second kappa shape index (κ2) is 7.83. The molecular formula is C20H28N4O. The molecule has 5 nitrogen and oxygen atoms in total. The Morgan fingerprint density at radius 3 is 2.88 bits per heavy atom. The fourth-order valence-electron chi connectivity index (χ4n) is 3.23. The molecule has 1 aliphatic rings. The van der Waals surface area contributed by atoms with E-state index >= 15 is 0 Å². The van der Waals surface area contributed by atoms with Crippen molar-refractivity contribution in [2.75, 3.05) is 32.0 Å². The number of aromatic nitrogens is 2. The number of hydrogen-bond acceptors (Lipinski definition) is 5. The Morgan fingerprint density at radius 2 is 2.08 bits per heavy atom. The summed E-state index contributed by atoms with van der Waals surface area (Å²) in [7, 11) is 2.16. The summed E-state index contributed by atoms with van der Waals surface area (Å²) >= 11 is 0. The highest BCUT2D eigenvalue weighted by molar-refractivity contribution is 5.52. The molecule has 0 spiro atoms. The van der Waals surface area contributed by atoms with Crippen molar-refractivity contribution in [3.05, 3.63) is 46.9 Å². The van der Waals surface area contributed by atoms with Crippen LogP contribution in [-0.4, -0.2) is 41.5 Å². The zero-order valence-corrected chi connectivity index (χ0v) is 15.7. The van der Waals surface area contributed by atoms with Crippen molar-refractivity contribution in [2.45, 2.75) is 33.8 Å². The quantitative estimate of drug-likeness (QED) is 0.875. The zero-order chi connectivity index (χ0) is 17.8. The number of anilines is 1. The number of ether oxygens (including phenoxy) is 1. The molecule has 2 aromatic rings. The number of fused-ring (bicyclic) bond motifs is 2. The molecule has 0 fully saturated rings. The molecule has 0 aliphatic carbocycles. The van der Waals surface area contributed by atoms with Crippen molar-refractivity contribution in [1.82, 2.24) is 14.9 Å². The van der Waals surface area contributed by atoms with E-state index in [1.807, 2.05) is 19.1 Å².